The van der Waals surface area contributed by atoms with E-state index in [1.807, 2.05) is 91.9 Å². The SMILES string of the molecule is COc1ccc(/C=C2\NC(=S)N(C(C)c3ccccc3)C2=O)cc1COc1ccc2ccccc2c1. The minimum atomic E-state index is -0.175. The molecule has 1 unspecified atom stereocenters. The second-order valence-corrected chi connectivity index (χ2v) is 9.01. The van der Waals surface area contributed by atoms with Crippen LogP contribution in [0.15, 0.2) is 96.7 Å². The Kier molecular flexibility index (Phi) is 6.69. The first-order valence-electron chi connectivity index (χ1n) is 11.7. The molecule has 180 valence electrons. The van der Waals surface area contributed by atoms with Crippen molar-refractivity contribution in [1.82, 2.24) is 10.2 Å². The Morgan fingerprint density at radius 3 is 2.47 bits per heavy atom. The summed E-state index contributed by atoms with van der Waals surface area (Å²) in [6.07, 6.45) is 1.81. The predicted molar refractivity (Wildman–Crippen MR) is 147 cm³/mol. The van der Waals surface area contributed by atoms with Crippen LogP contribution in [0.2, 0.25) is 0 Å². The van der Waals surface area contributed by atoms with Crippen LogP contribution >= 0.6 is 12.2 Å². The lowest BCUT2D eigenvalue weighted by Gasteiger charge is -2.23. The first kappa shape index (κ1) is 23.6. The Balaban J connectivity index is 1.36. The van der Waals surface area contributed by atoms with Crippen molar-refractivity contribution in [1.29, 1.82) is 0 Å². The van der Waals surface area contributed by atoms with E-state index in [0.29, 0.717) is 17.4 Å². The van der Waals surface area contributed by atoms with Crippen LogP contribution in [0.1, 0.15) is 29.7 Å². The first-order valence-corrected chi connectivity index (χ1v) is 12.1. The molecule has 1 fully saturated rings. The zero-order valence-corrected chi connectivity index (χ0v) is 20.9. The summed E-state index contributed by atoms with van der Waals surface area (Å²) in [5, 5.41) is 5.77. The standard InChI is InChI=1S/C30H26N2O3S/c1-20(22-8-4-3-5-9-22)32-29(33)27(31-30(32)36)17-21-12-15-28(34-2)25(16-21)19-35-26-14-13-23-10-6-7-11-24(23)18-26/h3-18,20H,19H2,1-2H3,(H,31,36)/b27-17-. The smallest absolute Gasteiger partial charge is 0.277 e. The molecule has 0 spiro atoms. The van der Waals surface area contributed by atoms with Gasteiger partial charge in [0.25, 0.3) is 5.91 Å². The maximum Gasteiger partial charge on any atom is 0.277 e. The highest BCUT2D eigenvalue weighted by molar-refractivity contribution is 7.80. The summed E-state index contributed by atoms with van der Waals surface area (Å²) in [7, 11) is 1.64. The zero-order chi connectivity index (χ0) is 25.1. The number of hydrogen-bond acceptors (Lipinski definition) is 4. The molecule has 1 heterocycles. The van der Waals surface area contributed by atoms with Gasteiger partial charge in [-0.2, -0.15) is 0 Å². The van der Waals surface area contributed by atoms with Crippen molar-refractivity contribution in [3.63, 3.8) is 0 Å². The van der Waals surface area contributed by atoms with Crippen LogP contribution in [0.4, 0.5) is 0 Å². The van der Waals surface area contributed by atoms with Crippen LogP contribution in [0.5, 0.6) is 11.5 Å². The minimum absolute atomic E-state index is 0.152. The Labute approximate surface area is 216 Å². The quantitative estimate of drug-likeness (QED) is 0.243. The minimum Gasteiger partial charge on any atom is -0.496 e. The lowest BCUT2D eigenvalue weighted by molar-refractivity contribution is -0.123. The monoisotopic (exact) mass is 494 g/mol. The molecular formula is C30H26N2O3S. The summed E-state index contributed by atoms with van der Waals surface area (Å²) in [6.45, 7) is 2.30. The Hall–Kier alpha value is -4.16. The summed E-state index contributed by atoms with van der Waals surface area (Å²) in [5.41, 5.74) is 3.19. The van der Waals surface area contributed by atoms with Crippen LogP contribution in [-0.4, -0.2) is 23.0 Å². The number of carbonyl (C=O) groups is 1. The number of amides is 1. The Bertz CT molecular complexity index is 1470. The molecule has 1 amide bonds. The molecule has 5 nitrogen and oxygen atoms in total. The highest BCUT2D eigenvalue weighted by Crippen LogP contribution is 2.28. The number of thiocarbonyl (C=S) groups is 1. The normalized spacial score (nSPS) is 15.3. The van der Waals surface area contributed by atoms with Crippen molar-refractivity contribution >= 4 is 40.1 Å². The van der Waals surface area contributed by atoms with E-state index in [0.717, 1.165) is 33.6 Å². The van der Waals surface area contributed by atoms with Crippen LogP contribution in [0.3, 0.4) is 0 Å². The molecule has 0 bridgehead atoms. The molecule has 0 aromatic heterocycles. The van der Waals surface area contributed by atoms with Gasteiger partial charge in [0.1, 0.15) is 23.8 Å². The molecule has 1 aliphatic rings. The van der Waals surface area contributed by atoms with Crippen LogP contribution in [-0.2, 0) is 11.4 Å². The molecule has 1 saturated heterocycles. The summed E-state index contributed by atoms with van der Waals surface area (Å²) in [6, 6.07) is 29.6. The summed E-state index contributed by atoms with van der Waals surface area (Å²) in [4.78, 5) is 14.8. The second kappa shape index (κ2) is 10.2. The number of rotatable bonds is 7. The Morgan fingerprint density at radius 2 is 1.69 bits per heavy atom. The van der Waals surface area contributed by atoms with Crippen LogP contribution in [0, 0.1) is 0 Å². The summed E-state index contributed by atoms with van der Waals surface area (Å²) < 4.78 is 11.6. The van der Waals surface area contributed by atoms with Gasteiger partial charge in [-0.25, -0.2) is 0 Å². The molecule has 36 heavy (non-hydrogen) atoms. The van der Waals surface area contributed by atoms with Gasteiger partial charge in [-0.1, -0.05) is 66.7 Å². The fourth-order valence-electron chi connectivity index (χ4n) is 4.37. The number of hydrogen-bond donors (Lipinski definition) is 1. The maximum absolute atomic E-state index is 13.2. The molecule has 6 heteroatoms. The van der Waals surface area contributed by atoms with Crippen LogP contribution in [0.25, 0.3) is 16.8 Å². The average molecular weight is 495 g/mol. The van der Waals surface area contributed by atoms with E-state index in [9.17, 15) is 4.79 Å². The van der Waals surface area contributed by atoms with E-state index in [2.05, 4.69) is 17.4 Å². The molecule has 0 saturated carbocycles. The van der Waals surface area contributed by atoms with E-state index in [1.165, 1.54) is 5.39 Å². The third-order valence-corrected chi connectivity index (χ3v) is 6.61. The first-order chi connectivity index (χ1) is 17.5. The zero-order valence-electron chi connectivity index (χ0n) is 20.1. The van der Waals surface area contributed by atoms with E-state index < -0.39 is 0 Å². The molecule has 4 aromatic carbocycles. The van der Waals surface area contributed by atoms with Gasteiger partial charge in [0.05, 0.1) is 13.2 Å². The molecule has 0 radical (unpaired) electrons. The van der Waals surface area contributed by atoms with Gasteiger partial charge in [-0.3, -0.25) is 9.69 Å². The van der Waals surface area contributed by atoms with Crippen molar-refractivity contribution < 1.29 is 14.3 Å². The number of ether oxygens (including phenoxy) is 2. The van der Waals surface area contributed by atoms with Gasteiger partial charge >= 0.3 is 0 Å². The third-order valence-electron chi connectivity index (χ3n) is 6.31. The molecule has 1 atom stereocenters. The second-order valence-electron chi connectivity index (χ2n) is 8.62. The molecule has 0 aliphatic carbocycles. The molecule has 1 aliphatic heterocycles. The van der Waals surface area contributed by atoms with E-state index in [-0.39, 0.29) is 11.9 Å². The van der Waals surface area contributed by atoms with Gasteiger partial charge in [0, 0.05) is 5.56 Å². The number of nitrogens with one attached hydrogen (secondary N) is 1. The molecule has 5 rings (SSSR count). The van der Waals surface area contributed by atoms with Crippen molar-refractivity contribution in [2.75, 3.05) is 7.11 Å². The van der Waals surface area contributed by atoms with Gasteiger partial charge in [-0.05, 0) is 71.4 Å². The van der Waals surface area contributed by atoms with Gasteiger partial charge in [0.15, 0.2) is 5.11 Å². The fourth-order valence-corrected chi connectivity index (χ4v) is 4.72. The van der Waals surface area contributed by atoms with Crippen molar-refractivity contribution in [2.24, 2.45) is 0 Å². The number of benzene rings is 4. The van der Waals surface area contributed by atoms with Crippen molar-refractivity contribution in [2.45, 2.75) is 19.6 Å². The van der Waals surface area contributed by atoms with E-state index >= 15 is 0 Å². The molecule has 4 aromatic rings. The highest BCUT2D eigenvalue weighted by Gasteiger charge is 2.34. The van der Waals surface area contributed by atoms with Gasteiger partial charge in [0.2, 0.25) is 0 Å². The largest absolute Gasteiger partial charge is 0.496 e. The maximum atomic E-state index is 13.2. The molecule has 1 N–H and O–H groups in total. The van der Waals surface area contributed by atoms with Crippen molar-refractivity contribution in [3.8, 4) is 11.5 Å². The number of methoxy groups -OCH3 is 1. The fraction of sp³-hybridized carbons (Fsp3) is 0.133. The third kappa shape index (κ3) is 4.81. The lowest BCUT2D eigenvalue weighted by atomic mass is 10.1. The van der Waals surface area contributed by atoms with Gasteiger partial charge in [-0.15, -0.1) is 0 Å². The Morgan fingerprint density at radius 1 is 0.944 bits per heavy atom. The summed E-state index contributed by atoms with van der Waals surface area (Å²) >= 11 is 5.49. The molecular weight excluding hydrogens is 468 g/mol. The van der Waals surface area contributed by atoms with Crippen LogP contribution < -0.4 is 14.8 Å². The van der Waals surface area contributed by atoms with E-state index in [1.54, 1.807) is 12.0 Å². The average Bonchev–Trinajstić information content (AvgIpc) is 3.19. The van der Waals surface area contributed by atoms with Crippen molar-refractivity contribution in [3.05, 3.63) is 113 Å². The predicted octanol–water partition coefficient (Wildman–Crippen LogP) is 6.25. The topological polar surface area (TPSA) is 50.8 Å². The highest BCUT2D eigenvalue weighted by atomic mass is 32.1. The number of fused-ring (bicyclic) bond motifs is 1. The number of carbonyl (C=O) groups excluding carboxylic acids is 1. The summed E-state index contributed by atoms with van der Waals surface area (Å²) in [5.74, 6) is 1.35. The van der Waals surface area contributed by atoms with Gasteiger partial charge < -0.3 is 14.8 Å². The van der Waals surface area contributed by atoms with E-state index in [4.69, 9.17) is 21.7 Å². The number of nitrogens with zero attached hydrogens (tertiary/aromatic N) is 1. The lowest BCUT2D eigenvalue weighted by Crippen LogP contribution is -2.33.